The molecule has 0 aliphatic carbocycles. The molecule has 3 aromatic rings. The number of hydrogen-bond donors (Lipinski definition) is 0. The van der Waals surface area contributed by atoms with Gasteiger partial charge < -0.3 is 13.6 Å². The van der Waals surface area contributed by atoms with Crippen LogP contribution < -0.4 is 0 Å². The maximum Gasteiger partial charge on any atom is 0.263 e. The summed E-state index contributed by atoms with van der Waals surface area (Å²) in [5.41, 5.74) is 1.99. The summed E-state index contributed by atoms with van der Waals surface area (Å²) in [5, 5.41) is 3.11. The summed E-state index contributed by atoms with van der Waals surface area (Å²) < 4.78 is 17.0. The van der Waals surface area contributed by atoms with Gasteiger partial charge >= 0.3 is 0 Å². The van der Waals surface area contributed by atoms with E-state index in [1.165, 1.54) is 0 Å². The van der Waals surface area contributed by atoms with Gasteiger partial charge in [0, 0.05) is 30.7 Å². The molecule has 4 rings (SSSR count). The summed E-state index contributed by atoms with van der Waals surface area (Å²) >= 11 is 1.66. The number of aromatic nitrogens is 2. The van der Waals surface area contributed by atoms with Crippen LogP contribution in [0, 0.1) is 13.8 Å². The molecule has 0 radical (unpaired) electrons. The molecule has 0 spiro atoms. The molecule has 1 aliphatic heterocycles. The minimum absolute atomic E-state index is 0.0363. The van der Waals surface area contributed by atoms with E-state index in [4.69, 9.17) is 13.6 Å². The topological polar surface area (TPSA) is 64.5 Å². The van der Waals surface area contributed by atoms with Gasteiger partial charge in [-0.05, 0) is 26.0 Å². The molecule has 126 valence electrons. The standard InChI is InChI=1S/C17H19N3O3S/c1-11-10-24-17(18-11)15-9-20(5-7-22-15)8-13-12(2)23-16(19-13)14-4-3-6-21-14/h3-4,6,10,15H,5,7-9H2,1-2H3. The number of ether oxygens (including phenoxy) is 1. The maximum absolute atomic E-state index is 5.89. The van der Waals surface area contributed by atoms with Crippen molar-refractivity contribution in [3.05, 3.63) is 45.9 Å². The van der Waals surface area contributed by atoms with Crippen LogP contribution in [0.15, 0.2) is 32.6 Å². The van der Waals surface area contributed by atoms with Gasteiger partial charge in [-0.25, -0.2) is 9.97 Å². The van der Waals surface area contributed by atoms with Gasteiger partial charge in [0.25, 0.3) is 5.89 Å². The van der Waals surface area contributed by atoms with E-state index in [0.29, 0.717) is 18.3 Å². The number of thiazole rings is 1. The van der Waals surface area contributed by atoms with Crippen molar-refractivity contribution in [2.75, 3.05) is 19.7 Å². The first-order chi connectivity index (χ1) is 11.7. The summed E-state index contributed by atoms with van der Waals surface area (Å²) in [4.78, 5) is 11.5. The predicted octanol–water partition coefficient (Wildman–Crippen LogP) is 3.58. The molecule has 1 unspecified atom stereocenters. The molecule has 1 atom stereocenters. The molecule has 0 amide bonds. The number of morpholine rings is 1. The molecule has 6 nitrogen and oxygen atoms in total. The molecule has 24 heavy (non-hydrogen) atoms. The quantitative estimate of drug-likeness (QED) is 0.720. The molecule has 0 saturated carbocycles. The molecule has 0 N–H and O–H groups in total. The highest BCUT2D eigenvalue weighted by molar-refractivity contribution is 7.09. The highest BCUT2D eigenvalue weighted by Gasteiger charge is 2.26. The number of rotatable bonds is 4. The molecular weight excluding hydrogens is 326 g/mol. The van der Waals surface area contributed by atoms with Crippen LogP contribution in [0.5, 0.6) is 0 Å². The second kappa shape index (κ2) is 6.51. The van der Waals surface area contributed by atoms with Gasteiger partial charge in [-0.3, -0.25) is 4.90 Å². The third-order valence-corrected chi connectivity index (χ3v) is 5.12. The lowest BCUT2D eigenvalue weighted by Gasteiger charge is -2.31. The van der Waals surface area contributed by atoms with Crippen molar-refractivity contribution in [3.63, 3.8) is 0 Å². The lowest BCUT2D eigenvalue weighted by Crippen LogP contribution is -2.38. The van der Waals surface area contributed by atoms with Crippen molar-refractivity contribution >= 4 is 11.3 Å². The zero-order chi connectivity index (χ0) is 16.5. The minimum atomic E-state index is 0.0363. The average molecular weight is 345 g/mol. The van der Waals surface area contributed by atoms with Crippen molar-refractivity contribution in [1.29, 1.82) is 0 Å². The van der Waals surface area contributed by atoms with E-state index in [-0.39, 0.29) is 6.10 Å². The lowest BCUT2D eigenvalue weighted by molar-refractivity contribution is -0.0334. The summed E-state index contributed by atoms with van der Waals surface area (Å²) in [6.07, 6.45) is 1.66. The zero-order valence-electron chi connectivity index (χ0n) is 13.7. The van der Waals surface area contributed by atoms with E-state index >= 15 is 0 Å². The van der Waals surface area contributed by atoms with Crippen LogP contribution in [-0.4, -0.2) is 34.6 Å². The molecule has 1 aliphatic rings. The highest BCUT2D eigenvalue weighted by atomic mass is 32.1. The van der Waals surface area contributed by atoms with E-state index in [9.17, 15) is 0 Å². The third-order valence-electron chi connectivity index (χ3n) is 4.06. The van der Waals surface area contributed by atoms with Crippen molar-refractivity contribution in [2.24, 2.45) is 0 Å². The van der Waals surface area contributed by atoms with Gasteiger partial charge in [-0.15, -0.1) is 11.3 Å². The normalized spacial score (nSPS) is 19.0. The Bertz CT molecular complexity index is 809. The van der Waals surface area contributed by atoms with Gasteiger partial charge in [0.1, 0.15) is 16.9 Å². The Hall–Kier alpha value is -1.96. The largest absolute Gasteiger partial charge is 0.459 e. The third kappa shape index (κ3) is 3.15. The monoisotopic (exact) mass is 345 g/mol. The number of furan rings is 1. The van der Waals surface area contributed by atoms with Gasteiger partial charge in [-0.1, -0.05) is 0 Å². The van der Waals surface area contributed by atoms with E-state index in [2.05, 4.69) is 20.2 Å². The molecule has 0 bridgehead atoms. The second-order valence-corrected chi connectivity index (χ2v) is 6.81. The van der Waals surface area contributed by atoms with Crippen molar-refractivity contribution < 1.29 is 13.6 Å². The Labute approximate surface area is 144 Å². The van der Waals surface area contributed by atoms with E-state index in [1.807, 2.05) is 26.0 Å². The number of aryl methyl sites for hydroxylation is 2. The molecule has 3 aromatic heterocycles. The number of nitrogens with zero attached hydrogens (tertiary/aromatic N) is 3. The molecule has 1 saturated heterocycles. The highest BCUT2D eigenvalue weighted by Crippen LogP contribution is 2.27. The Morgan fingerprint density at radius 2 is 2.25 bits per heavy atom. The van der Waals surface area contributed by atoms with Crippen molar-refractivity contribution in [3.8, 4) is 11.7 Å². The lowest BCUT2D eigenvalue weighted by atomic mass is 10.2. The first kappa shape index (κ1) is 15.6. The zero-order valence-corrected chi connectivity index (χ0v) is 14.5. The Morgan fingerprint density at radius 1 is 1.33 bits per heavy atom. The van der Waals surface area contributed by atoms with Crippen molar-refractivity contribution in [1.82, 2.24) is 14.9 Å². The molecular formula is C17H19N3O3S. The first-order valence-electron chi connectivity index (χ1n) is 7.95. The van der Waals surface area contributed by atoms with Gasteiger partial charge in [0.15, 0.2) is 5.76 Å². The van der Waals surface area contributed by atoms with Gasteiger partial charge in [0.05, 0.1) is 18.6 Å². The maximum atomic E-state index is 5.89. The fraction of sp³-hybridized carbons (Fsp3) is 0.412. The summed E-state index contributed by atoms with van der Waals surface area (Å²) in [6, 6.07) is 3.68. The Morgan fingerprint density at radius 3 is 3.00 bits per heavy atom. The Kier molecular flexibility index (Phi) is 4.22. The second-order valence-electron chi connectivity index (χ2n) is 5.92. The number of hydrogen-bond acceptors (Lipinski definition) is 7. The Balaban J connectivity index is 1.47. The molecule has 7 heteroatoms. The van der Waals surface area contributed by atoms with E-state index < -0.39 is 0 Å². The van der Waals surface area contributed by atoms with Crippen LogP contribution in [0.1, 0.15) is 28.3 Å². The average Bonchev–Trinajstić information content (AvgIpc) is 3.30. The SMILES string of the molecule is Cc1csc(C2CN(Cc3nc(-c4ccco4)oc3C)CCO2)n1. The summed E-state index contributed by atoms with van der Waals surface area (Å²) in [6.45, 7) is 7.08. The fourth-order valence-electron chi connectivity index (χ4n) is 2.81. The summed E-state index contributed by atoms with van der Waals surface area (Å²) in [5.74, 6) is 2.02. The molecule has 0 aromatic carbocycles. The van der Waals surface area contributed by atoms with Gasteiger partial charge in [0.2, 0.25) is 0 Å². The van der Waals surface area contributed by atoms with Crippen LogP contribution in [0.25, 0.3) is 11.7 Å². The van der Waals surface area contributed by atoms with E-state index in [0.717, 1.165) is 41.8 Å². The van der Waals surface area contributed by atoms with Crippen molar-refractivity contribution in [2.45, 2.75) is 26.5 Å². The van der Waals surface area contributed by atoms with Crippen LogP contribution in [0.3, 0.4) is 0 Å². The minimum Gasteiger partial charge on any atom is -0.459 e. The van der Waals surface area contributed by atoms with Crippen LogP contribution in [0.4, 0.5) is 0 Å². The first-order valence-corrected chi connectivity index (χ1v) is 8.83. The number of oxazole rings is 1. The van der Waals surface area contributed by atoms with E-state index in [1.54, 1.807) is 17.6 Å². The smallest absolute Gasteiger partial charge is 0.263 e. The summed E-state index contributed by atoms with van der Waals surface area (Å²) in [7, 11) is 0. The van der Waals surface area contributed by atoms with Crippen LogP contribution in [0.2, 0.25) is 0 Å². The van der Waals surface area contributed by atoms with Gasteiger partial charge in [-0.2, -0.15) is 0 Å². The molecule has 4 heterocycles. The fourth-order valence-corrected chi connectivity index (χ4v) is 3.64. The van der Waals surface area contributed by atoms with Crippen LogP contribution in [-0.2, 0) is 11.3 Å². The predicted molar refractivity (Wildman–Crippen MR) is 89.8 cm³/mol. The van der Waals surface area contributed by atoms with Crippen LogP contribution >= 0.6 is 11.3 Å². The molecule has 1 fully saturated rings.